The molecule has 29 heavy (non-hydrogen) atoms. The van der Waals surface area contributed by atoms with Gasteiger partial charge in [-0.25, -0.2) is 4.98 Å². The molecule has 0 atom stereocenters. The van der Waals surface area contributed by atoms with Gasteiger partial charge in [0.1, 0.15) is 12.2 Å². The van der Waals surface area contributed by atoms with E-state index in [1.54, 1.807) is 17.7 Å². The van der Waals surface area contributed by atoms with E-state index in [-0.39, 0.29) is 24.0 Å². The van der Waals surface area contributed by atoms with E-state index in [0.29, 0.717) is 5.92 Å². The van der Waals surface area contributed by atoms with Crippen LogP contribution in [-0.2, 0) is 19.5 Å². The number of nitrogens with one attached hydrogen (secondary N) is 2. The van der Waals surface area contributed by atoms with Crippen LogP contribution in [0.3, 0.4) is 0 Å². The van der Waals surface area contributed by atoms with Crippen molar-refractivity contribution in [2.24, 2.45) is 10.9 Å². The van der Waals surface area contributed by atoms with Gasteiger partial charge in [-0.15, -0.1) is 45.5 Å². The summed E-state index contributed by atoms with van der Waals surface area (Å²) in [6.07, 6.45) is 5.12. The summed E-state index contributed by atoms with van der Waals surface area (Å²) in [5.41, 5.74) is 1.21. The maximum Gasteiger partial charge on any atom is 0.191 e. The van der Waals surface area contributed by atoms with Crippen molar-refractivity contribution < 1.29 is 0 Å². The Bertz CT molecular complexity index is 751. The number of aryl methyl sites for hydroxylation is 2. The van der Waals surface area contributed by atoms with Crippen LogP contribution in [0.5, 0.6) is 0 Å². The molecule has 0 aliphatic carbocycles. The van der Waals surface area contributed by atoms with Crippen molar-refractivity contribution in [1.82, 2.24) is 35.3 Å². The normalized spacial score (nSPS) is 15.9. The van der Waals surface area contributed by atoms with E-state index >= 15 is 0 Å². The van der Waals surface area contributed by atoms with Crippen molar-refractivity contribution in [2.75, 3.05) is 33.2 Å². The van der Waals surface area contributed by atoms with Crippen molar-refractivity contribution in [3.63, 3.8) is 0 Å². The largest absolute Gasteiger partial charge is 0.356 e. The number of hydrogen-bond acceptors (Lipinski definition) is 6. The Balaban J connectivity index is 0.00000300. The first kappa shape index (κ1) is 24.0. The number of nitrogens with zero attached hydrogens (tertiary/aromatic N) is 6. The van der Waals surface area contributed by atoms with Gasteiger partial charge in [0.2, 0.25) is 0 Å². The van der Waals surface area contributed by atoms with Gasteiger partial charge in [-0.1, -0.05) is 6.92 Å². The number of halogens is 1. The summed E-state index contributed by atoms with van der Waals surface area (Å²) < 4.78 is 2.08. The first-order valence-corrected chi connectivity index (χ1v) is 11.0. The molecule has 2 N–H and O–H groups in total. The molecule has 0 bridgehead atoms. The Morgan fingerprint density at radius 2 is 2.10 bits per heavy atom. The van der Waals surface area contributed by atoms with E-state index in [2.05, 4.69) is 59.5 Å². The highest BCUT2D eigenvalue weighted by Crippen LogP contribution is 2.19. The van der Waals surface area contributed by atoms with E-state index in [1.807, 2.05) is 7.05 Å². The van der Waals surface area contributed by atoms with Crippen LogP contribution in [0.25, 0.3) is 0 Å². The van der Waals surface area contributed by atoms with E-state index in [0.717, 1.165) is 62.5 Å². The van der Waals surface area contributed by atoms with E-state index in [9.17, 15) is 0 Å². The first-order chi connectivity index (χ1) is 13.7. The summed E-state index contributed by atoms with van der Waals surface area (Å²) in [4.78, 5) is 11.4. The SMILES string of the molecule is CCc1nncn1CCNC(=NC)NCC1CCN(Cc2csc(C)n2)CC1.I. The average molecular weight is 533 g/mol. The van der Waals surface area contributed by atoms with Crippen LogP contribution in [0, 0.1) is 12.8 Å². The van der Waals surface area contributed by atoms with Crippen LogP contribution in [0.4, 0.5) is 0 Å². The van der Waals surface area contributed by atoms with Gasteiger partial charge in [-0.3, -0.25) is 9.89 Å². The summed E-state index contributed by atoms with van der Waals surface area (Å²) in [7, 11) is 1.82. The zero-order chi connectivity index (χ0) is 19.8. The van der Waals surface area contributed by atoms with Gasteiger partial charge in [0.05, 0.1) is 10.7 Å². The monoisotopic (exact) mass is 532 g/mol. The fourth-order valence-corrected chi connectivity index (χ4v) is 4.16. The average Bonchev–Trinajstić information content (AvgIpc) is 3.34. The molecular formula is C19H33IN8S. The lowest BCUT2D eigenvalue weighted by Gasteiger charge is -2.31. The van der Waals surface area contributed by atoms with Gasteiger partial charge < -0.3 is 15.2 Å². The second-order valence-corrected chi connectivity index (χ2v) is 8.31. The summed E-state index contributed by atoms with van der Waals surface area (Å²) >= 11 is 1.74. The zero-order valence-corrected chi connectivity index (χ0v) is 20.7. The Hall–Kier alpha value is -1.27. The molecule has 1 aliphatic rings. The quantitative estimate of drug-likeness (QED) is 0.309. The van der Waals surface area contributed by atoms with Crippen molar-refractivity contribution in [1.29, 1.82) is 0 Å². The predicted molar refractivity (Wildman–Crippen MR) is 129 cm³/mol. The molecule has 0 unspecified atom stereocenters. The van der Waals surface area contributed by atoms with Gasteiger partial charge in [0, 0.05) is 45.0 Å². The summed E-state index contributed by atoms with van der Waals surface area (Å²) in [6.45, 7) is 10.0. The molecule has 162 valence electrons. The third-order valence-corrected chi connectivity index (χ3v) is 6.02. The van der Waals surface area contributed by atoms with Crippen molar-refractivity contribution >= 4 is 41.3 Å². The maximum absolute atomic E-state index is 4.58. The fourth-order valence-electron chi connectivity index (χ4n) is 3.55. The molecule has 1 fully saturated rings. The lowest BCUT2D eigenvalue weighted by Crippen LogP contribution is -2.43. The molecule has 0 amide bonds. The van der Waals surface area contributed by atoms with Gasteiger partial charge in [-0.05, 0) is 38.8 Å². The molecule has 2 aromatic heterocycles. The van der Waals surface area contributed by atoms with Gasteiger partial charge >= 0.3 is 0 Å². The molecule has 0 spiro atoms. The van der Waals surface area contributed by atoms with E-state index < -0.39 is 0 Å². The van der Waals surface area contributed by atoms with Crippen LogP contribution in [0.15, 0.2) is 16.7 Å². The zero-order valence-electron chi connectivity index (χ0n) is 17.6. The molecule has 3 heterocycles. The number of guanidine groups is 1. The summed E-state index contributed by atoms with van der Waals surface area (Å²) in [5.74, 6) is 2.58. The highest BCUT2D eigenvalue weighted by molar-refractivity contribution is 14.0. The van der Waals surface area contributed by atoms with Crippen LogP contribution < -0.4 is 10.6 Å². The number of rotatable bonds is 8. The molecule has 0 aromatic carbocycles. The second-order valence-electron chi connectivity index (χ2n) is 7.25. The molecule has 0 radical (unpaired) electrons. The highest BCUT2D eigenvalue weighted by Gasteiger charge is 2.20. The topological polar surface area (TPSA) is 83.3 Å². The molecule has 8 nitrogen and oxygen atoms in total. The molecule has 0 saturated carbocycles. The van der Waals surface area contributed by atoms with Crippen molar-refractivity contribution in [3.8, 4) is 0 Å². The van der Waals surface area contributed by atoms with Crippen LogP contribution in [-0.4, -0.2) is 63.8 Å². The first-order valence-electron chi connectivity index (χ1n) is 10.1. The van der Waals surface area contributed by atoms with Gasteiger partial charge in [0.25, 0.3) is 0 Å². The molecule has 10 heteroatoms. The smallest absolute Gasteiger partial charge is 0.191 e. The van der Waals surface area contributed by atoms with Crippen LogP contribution in [0.1, 0.15) is 36.3 Å². The second kappa shape index (κ2) is 12.4. The third-order valence-electron chi connectivity index (χ3n) is 5.20. The molecule has 1 aliphatic heterocycles. The van der Waals surface area contributed by atoms with Gasteiger partial charge in [0.15, 0.2) is 5.96 Å². The molecule has 3 rings (SSSR count). The van der Waals surface area contributed by atoms with E-state index in [1.165, 1.54) is 18.5 Å². The number of likely N-dealkylation sites (tertiary alicyclic amines) is 1. The number of aliphatic imine (C=N–C) groups is 1. The third kappa shape index (κ3) is 7.49. The number of thiazole rings is 1. The minimum absolute atomic E-state index is 0. The minimum Gasteiger partial charge on any atom is -0.356 e. The molecule has 1 saturated heterocycles. The molecule has 2 aromatic rings. The van der Waals surface area contributed by atoms with Crippen molar-refractivity contribution in [2.45, 2.75) is 46.2 Å². The Kier molecular flexibility index (Phi) is 10.3. The Morgan fingerprint density at radius 3 is 2.76 bits per heavy atom. The number of hydrogen-bond donors (Lipinski definition) is 2. The number of piperidine rings is 1. The Morgan fingerprint density at radius 1 is 1.31 bits per heavy atom. The minimum atomic E-state index is 0. The summed E-state index contributed by atoms with van der Waals surface area (Å²) in [6, 6.07) is 0. The van der Waals surface area contributed by atoms with Crippen LogP contribution in [0.2, 0.25) is 0 Å². The van der Waals surface area contributed by atoms with Crippen molar-refractivity contribution in [3.05, 3.63) is 28.2 Å². The van der Waals surface area contributed by atoms with Gasteiger partial charge in [-0.2, -0.15) is 0 Å². The summed E-state index contributed by atoms with van der Waals surface area (Å²) in [5, 5.41) is 18.3. The maximum atomic E-state index is 4.58. The van der Waals surface area contributed by atoms with E-state index in [4.69, 9.17) is 0 Å². The Labute approximate surface area is 194 Å². The number of aromatic nitrogens is 4. The molecular weight excluding hydrogens is 499 g/mol. The lowest BCUT2D eigenvalue weighted by atomic mass is 9.97. The highest BCUT2D eigenvalue weighted by atomic mass is 127. The standard InChI is InChI=1S/C19H32N8S.HI/c1-4-18-25-23-14-27(18)10-7-21-19(20-3)22-11-16-5-8-26(9-6-16)12-17-13-28-15(2)24-17;/h13-14,16H,4-12H2,1-3H3,(H2,20,21,22);1H. The van der Waals surface area contributed by atoms with Crippen LogP contribution >= 0.6 is 35.3 Å². The fraction of sp³-hybridized carbons (Fsp3) is 0.684. The lowest BCUT2D eigenvalue weighted by molar-refractivity contribution is 0.176. The predicted octanol–water partition coefficient (Wildman–Crippen LogP) is 2.30.